The molecule has 24 heavy (non-hydrogen) atoms. The third-order valence-electron chi connectivity index (χ3n) is 4.09. The quantitative estimate of drug-likeness (QED) is 0.583. The van der Waals surface area contributed by atoms with Crippen LogP contribution in [0.5, 0.6) is 11.5 Å². The molecule has 1 aromatic carbocycles. The summed E-state index contributed by atoms with van der Waals surface area (Å²) in [6.45, 7) is 3.34. The minimum absolute atomic E-state index is 0.399. The number of carbonyl (C=O) groups is 1. The molecule has 0 unspecified atom stereocenters. The molecule has 1 aliphatic carbocycles. The third kappa shape index (κ3) is 5.11. The predicted molar refractivity (Wildman–Crippen MR) is 94.5 cm³/mol. The standard InChI is InChI=1S/C19H25NO4/c1-3-7-15-10-14(12-20-16-8-5-4-6-9-16)11-17(23-2)19(15)24-13-18(21)22/h3,10-12,16H,1,4-9,13H2,2H3,(H,21,22). The van der Waals surface area contributed by atoms with Gasteiger partial charge in [-0.15, -0.1) is 6.58 Å². The Morgan fingerprint density at radius 3 is 2.75 bits per heavy atom. The normalized spacial score (nSPS) is 15.4. The van der Waals surface area contributed by atoms with E-state index in [4.69, 9.17) is 19.6 Å². The average molecular weight is 331 g/mol. The third-order valence-corrected chi connectivity index (χ3v) is 4.09. The molecular formula is C19H25NO4. The van der Waals surface area contributed by atoms with E-state index in [0.717, 1.165) is 24.0 Å². The second-order valence-electron chi connectivity index (χ2n) is 5.96. The lowest BCUT2D eigenvalue weighted by Gasteiger charge is -2.17. The molecule has 130 valence electrons. The maximum atomic E-state index is 10.8. The summed E-state index contributed by atoms with van der Waals surface area (Å²) in [5.74, 6) is -0.0557. The van der Waals surface area contributed by atoms with E-state index in [1.807, 2.05) is 18.3 Å². The fourth-order valence-electron chi connectivity index (χ4n) is 2.94. The minimum atomic E-state index is -1.02. The largest absolute Gasteiger partial charge is 0.493 e. The molecule has 0 bridgehead atoms. The number of methoxy groups -OCH3 is 1. The molecule has 0 atom stereocenters. The van der Waals surface area contributed by atoms with E-state index in [1.165, 1.54) is 19.3 Å². The molecular weight excluding hydrogens is 306 g/mol. The van der Waals surface area contributed by atoms with Crippen LogP contribution in [0.4, 0.5) is 0 Å². The number of hydrogen-bond donors (Lipinski definition) is 1. The van der Waals surface area contributed by atoms with Crippen molar-refractivity contribution < 1.29 is 19.4 Å². The predicted octanol–water partition coefficient (Wildman–Crippen LogP) is 3.64. The van der Waals surface area contributed by atoms with Crippen LogP contribution in [0.1, 0.15) is 43.2 Å². The van der Waals surface area contributed by atoms with E-state index in [0.29, 0.717) is 24.0 Å². The molecule has 0 saturated heterocycles. The number of carboxylic acids is 1. The van der Waals surface area contributed by atoms with Crippen molar-refractivity contribution in [3.8, 4) is 11.5 Å². The Balaban J connectivity index is 2.25. The SMILES string of the molecule is C=CCc1cc(C=NC2CCCCC2)cc(OC)c1OCC(=O)O. The van der Waals surface area contributed by atoms with Gasteiger partial charge in [0.1, 0.15) is 0 Å². The van der Waals surface area contributed by atoms with E-state index in [1.54, 1.807) is 13.2 Å². The first kappa shape index (κ1) is 18.0. The summed E-state index contributed by atoms with van der Waals surface area (Å²) in [6, 6.07) is 4.18. The Kier molecular flexibility index (Phi) is 6.85. The van der Waals surface area contributed by atoms with Gasteiger partial charge in [-0.2, -0.15) is 0 Å². The van der Waals surface area contributed by atoms with E-state index < -0.39 is 12.6 Å². The first-order valence-electron chi connectivity index (χ1n) is 8.33. The lowest BCUT2D eigenvalue weighted by molar-refractivity contribution is -0.139. The van der Waals surface area contributed by atoms with Crippen molar-refractivity contribution in [2.24, 2.45) is 4.99 Å². The highest BCUT2D eigenvalue weighted by atomic mass is 16.5. The Morgan fingerprint density at radius 1 is 1.38 bits per heavy atom. The zero-order chi connectivity index (χ0) is 17.4. The Morgan fingerprint density at radius 2 is 2.12 bits per heavy atom. The first-order valence-corrected chi connectivity index (χ1v) is 8.33. The fourth-order valence-corrected chi connectivity index (χ4v) is 2.94. The number of nitrogens with zero attached hydrogens (tertiary/aromatic N) is 1. The molecule has 0 radical (unpaired) electrons. The van der Waals surface area contributed by atoms with Crippen molar-refractivity contribution in [1.82, 2.24) is 0 Å². The van der Waals surface area contributed by atoms with E-state index in [2.05, 4.69) is 6.58 Å². The summed E-state index contributed by atoms with van der Waals surface area (Å²) in [4.78, 5) is 15.5. The number of rotatable bonds is 8. The molecule has 5 nitrogen and oxygen atoms in total. The van der Waals surface area contributed by atoms with Gasteiger partial charge in [0.25, 0.3) is 0 Å². The molecule has 5 heteroatoms. The second-order valence-corrected chi connectivity index (χ2v) is 5.96. The zero-order valence-corrected chi connectivity index (χ0v) is 14.2. The van der Waals surface area contributed by atoms with Gasteiger partial charge >= 0.3 is 5.97 Å². The highest BCUT2D eigenvalue weighted by Gasteiger charge is 2.15. The first-order chi connectivity index (χ1) is 11.6. The van der Waals surface area contributed by atoms with Crippen molar-refractivity contribution in [3.05, 3.63) is 35.9 Å². The number of hydrogen-bond acceptors (Lipinski definition) is 4. The van der Waals surface area contributed by atoms with Gasteiger partial charge < -0.3 is 14.6 Å². The smallest absolute Gasteiger partial charge is 0.341 e. The van der Waals surface area contributed by atoms with Crippen LogP contribution in [0, 0.1) is 0 Å². The summed E-state index contributed by atoms with van der Waals surface area (Å²) in [6.07, 6.45) is 10.3. The molecule has 0 heterocycles. The molecule has 0 amide bonds. The number of carboxylic acid groups (broad SMARTS) is 1. The Labute approximate surface area is 143 Å². The summed E-state index contributed by atoms with van der Waals surface area (Å²) in [5, 5.41) is 8.84. The van der Waals surface area contributed by atoms with Crippen LogP contribution < -0.4 is 9.47 Å². The molecule has 0 aromatic heterocycles. The number of aliphatic imine (C=N–C) groups is 1. The zero-order valence-electron chi connectivity index (χ0n) is 14.2. The van der Waals surface area contributed by atoms with Crippen molar-refractivity contribution in [2.45, 2.75) is 44.6 Å². The summed E-state index contributed by atoms with van der Waals surface area (Å²) < 4.78 is 10.8. The van der Waals surface area contributed by atoms with Gasteiger partial charge in [0.05, 0.1) is 7.11 Å². The monoisotopic (exact) mass is 331 g/mol. The number of ether oxygens (including phenoxy) is 2. The highest BCUT2D eigenvalue weighted by molar-refractivity contribution is 5.82. The van der Waals surface area contributed by atoms with E-state index in [9.17, 15) is 4.79 Å². The van der Waals surface area contributed by atoms with E-state index >= 15 is 0 Å². The molecule has 1 fully saturated rings. The molecule has 1 aliphatic rings. The lowest BCUT2D eigenvalue weighted by Crippen LogP contribution is -2.12. The topological polar surface area (TPSA) is 68.1 Å². The number of benzene rings is 1. The van der Waals surface area contributed by atoms with Gasteiger partial charge in [0, 0.05) is 17.8 Å². The van der Waals surface area contributed by atoms with Gasteiger partial charge in [-0.05, 0) is 37.0 Å². The maximum absolute atomic E-state index is 10.8. The molecule has 1 N–H and O–H groups in total. The average Bonchev–Trinajstić information content (AvgIpc) is 2.59. The van der Waals surface area contributed by atoms with Gasteiger partial charge in [-0.1, -0.05) is 25.3 Å². The molecule has 0 spiro atoms. The van der Waals surface area contributed by atoms with Gasteiger partial charge in [0.2, 0.25) is 0 Å². The van der Waals surface area contributed by atoms with Crippen LogP contribution in [0.3, 0.4) is 0 Å². The molecule has 2 rings (SSSR count). The van der Waals surface area contributed by atoms with E-state index in [-0.39, 0.29) is 0 Å². The fraction of sp³-hybridized carbons (Fsp3) is 0.474. The maximum Gasteiger partial charge on any atom is 0.341 e. The van der Waals surface area contributed by atoms with Crippen molar-refractivity contribution in [2.75, 3.05) is 13.7 Å². The van der Waals surface area contributed by atoms with Crippen molar-refractivity contribution in [1.29, 1.82) is 0 Å². The van der Waals surface area contributed by atoms with Crippen LogP contribution in [0.2, 0.25) is 0 Å². The Hall–Kier alpha value is -2.30. The number of allylic oxidation sites excluding steroid dienone is 1. The summed E-state index contributed by atoms with van der Waals surface area (Å²) >= 11 is 0. The van der Waals surface area contributed by atoms with Crippen LogP contribution in [0.15, 0.2) is 29.8 Å². The molecule has 1 aromatic rings. The van der Waals surface area contributed by atoms with Crippen LogP contribution in [-0.2, 0) is 11.2 Å². The van der Waals surface area contributed by atoms with Crippen molar-refractivity contribution >= 4 is 12.2 Å². The van der Waals surface area contributed by atoms with Crippen molar-refractivity contribution in [3.63, 3.8) is 0 Å². The van der Waals surface area contributed by atoms with Crippen LogP contribution in [0.25, 0.3) is 0 Å². The second kappa shape index (κ2) is 9.11. The summed E-state index contributed by atoms with van der Waals surface area (Å²) in [5.41, 5.74) is 1.77. The number of aliphatic carboxylic acids is 1. The van der Waals surface area contributed by atoms with Gasteiger partial charge in [-0.3, -0.25) is 4.99 Å². The molecule has 1 saturated carbocycles. The van der Waals surface area contributed by atoms with Crippen LogP contribution in [-0.4, -0.2) is 37.0 Å². The minimum Gasteiger partial charge on any atom is -0.493 e. The lowest BCUT2D eigenvalue weighted by atomic mass is 9.96. The van der Waals surface area contributed by atoms with Crippen LogP contribution >= 0.6 is 0 Å². The molecule has 0 aliphatic heterocycles. The van der Waals surface area contributed by atoms with Gasteiger partial charge in [-0.25, -0.2) is 4.79 Å². The Bertz CT molecular complexity index is 604. The summed E-state index contributed by atoms with van der Waals surface area (Å²) in [7, 11) is 1.54. The van der Waals surface area contributed by atoms with Gasteiger partial charge in [0.15, 0.2) is 18.1 Å². The highest BCUT2D eigenvalue weighted by Crippen LogP contribution is 2.33.